The Morgan fingerprint density at radius 1 is 1.04 bits per heavy atom. The van der Waals surface area contributed by atoms with E-state index in [9.17, 15) is 14.4 Å². The van der Waals surface area contributed by atoms with E-state index in [1.165, 1.54) is 18.7 Å². The van der Waals surface area contributed by atoms with Crippen LogP contribution in [0.25, 0.3) is 0 Å². The van der Waals surface area contributed by atoms with Gasteiger partial charge in [0.2, 0.25) is 11.8 Å². The first kappa shape index (κ1) is 34.1. The molecule has 1 aromatic heterocycles. The molecule has 1 saturated carbocycles. The maximum absolute atomic E-state index is 15.2. The average molecular weight is 665 g/mol. The molecule has 1 aliphatic carbocycles. The van der Waals surface area contributed by atoms with Crippen molar-refractivity contribution in [1.29, 1.82) is 0 Å². The molecular formula is C35H49FN8O4. The van der Waals surface area contributed by atoms with Gasteiger partial charge < -0.3 is 25.2 Å². The largest absolute Gasteiger partial charge is 0.496 e. The van der Waals surface area contributed by atoms with E-state index in [1.807, 2.05) is 35.9 Å². The molecule has 6 rings (SSSR count). The molecule has 4 unspecified atom stereocenters. The molecule has 260 valence electrons. The van der Waals surface area contributed by atoms with Crippen molar-refractivity contribution in [2.24, 2.45) is 11.8 Å². The zero-order valence-electron chi connectivity index (χ0n) is 28.2. The minimum Gasteiger partial charge on any atom is -0.496 e. The molecule has 4 fully saturated rings. The fraction of sp³-hybridized carbons (Fsp3) is 0.600. The molecular weight excluding hydrogens is 615 g/mol. The van der Waals surface area contributed by atoms with Gasteiger partial charge in [-0.1, -0.05) is 6.07 Å². The van der Waals surface area contributed by atoms with Crippen LogP contribution in [0.1, 0.15) is 61.9 Å². The summed E-state index contributed by atoms with van der Waals surface area (Å²) in [4.78, 5) is 50.0. The number of carbonyl (C=O) groups is 3. The van der Waals surface area contributed by atoms with Crippen molar-refractivity contribution in [1.82, 2.24) is 41.2 Å². The number of rotatable bonds is 8. The molecule has 4 N–H and O–H groups in total. The number of aromatic nitrogens is 1. The lowest BCUT2D eigenvalue weighted by atomic mass is 9.74. The summed E-state index contributed by atoms with van der Waals surface area (Å²) < 4.78 is 20.7. The highest BCUT2D eigenvalue weighted by atomic mass is 19.1. The number of pyridine rings is 1. The molecule has 13 heteroatoms. The van der Waals surface area contributed by atoms with Crippen LogP contribution in [0.15, 0.2) is 36.5 Å². The number of nitrogens with zero attached hydrogens (tertiary/aromatic N) is 4. The van der Waals surface area contributed by atoms with E-state index in [0.717, 1.165) is 25.0 Å². The van der Waals surface area contributed by atoms with Gasteiger partial charge >= 0.3 is 6.03 Å². The van der Waals surface area contributed by atoms with Gasteiger partial charge in [-0.3, -0.25) is 24.9 Å². The number of amides is 4. The van der Waals surface area contributed by atoms with Gasteiger partial charge in [-0.15, -0.1) is 0 Å². The maximum atomic E-state index is 15.2. The first-order valence-corrected chi connectivity index (χ1v) is 17.4. The minimum absolute atomic E-state index is 0.0254. The second-order valence-corrected chi connectivity index (χ2v) is 13.6. The molecule has 6 atom stereocenters. The summed E-state index contributed by atoms with van der Waals surface area (Å²) in [5.74, 6) is 0.226. The van der Waals surface area contributed by atoms with Crippen LogP contribution in [0.3, 0.4) is 0 Å². The Kier molecular flexibility index (Phi) is 10.8. The van der Waals surface area contributed by atoms with E-state index in [4.69, 9.17) is 4.74 Å². The minimum atomic E-state index is -0.478. The topological polar surface area (TPSA) is 131 Å². The fourth-order valence-corrected chi connectivity index (χ4v) is 8.01. The third-order valence-corrected chi connectivity index (χ3v) is 10.6. The van der Waals surface area contributed by atoms with Crippen molar-refractivity contribution in [2.45, 2.75) is 76.7 Å². The molecule has 1 aromatic carbocycles. The predicted octanol–water partition coefficient (Wildman–Crippen LogP) is 2.49. The van der Waals surface area contributed by atoms with Crippen molar-refractivity contribution >= 4 is 17.8 Å². The number of nitrogens with one attached hydrogen (secondary N) is 4. The van der Waals surface area contributed by atoms with Gasteiger partial charge in [-0.2, -0.15) is 0 Å². The van der Waals surface area contributed by atoms with Crippen LogP contribution < -0.4 is 26.2 Å². The number of methoxy groups -OCH3 is 1. The Morgan fingerprint density at radius 3 is 2.58 bits per heavy atom. The van der Waals surface area contributed by atoms with E-state index in [0.29, 0.717) is 69.5 Å². The standard InChI is InChI=1S/C35H49FN8O4/c1-4-37-35(47)43-16-14-42(15-17-43)34(46)30-11-9-25(20-44(30)21-27-28(36)6-5-7-31(27)48-3)39-33(45)24-8-10-29-26(19-24)32(41-40-29)23-12-13-38-22(2)18-23/h5-7,12-13,18,24-26,29-30,32,40-41H,4,8-11,14-17,19-21H2,1-3H3,(H,37,47)(H,39,45)/t24?,25-,26?,29?,30+,32?/m1/s1. The monoisotopic (exact) mass is 664 g/mol. The Balaban J connectivity index is 1.13. The first-order chi connectivity index (χ1) is 23.2. The molecule has 2 aromatic rings. The molecule has 4 aliphatic rings. The van der Waals surface area contributed by atoms with Gasteiger partial charge in [0.05, 0.1) is 19.2 Å². The molecule has 3 aliphatic heterocycles. The van der Waals surface area contributed by atoms with E-state index in [-0.39, 0.29) is 48.3 Å². The number of benzene rings is 1. The van der Waals surface area contributed by atoms with Gasteiger partial charge in [0.15, 0.2) is 0 Å². The second-order valence-electron chi connectivity index (χ2n) is 13.6. The summed E-state index contributed by atoms with van der Waals surface area (Å²) in [6.07, 6.45) is 5.49. The van der Waals surface area contributed by atoms with Crippen molar-refractivity contribution in [3.05, 3.63) is 59.2 Å². The molecule has 4 heterocycles. The zero-order chi connectivity index (χ0) is 33.8. The van der Waals surface area contributed by atoms with Gasteiger partial charge in [-0.25, -0.2) is 14.6 Å². The SMILES string of the molecule is CCNC(=O)N1CCN(C(=O)[C@@H]2CC[C@@H](NC(=O)C3CCC4NNC(c5ccnc(C)c5)C4C3)CN2Cc2c(F)cccc2OC)CC1. The fourth-order valence-electron chi connectivity index (χ4n) is 8.01. The Hall–Kier alpha value is -3.81. The normalized spacial score (nSPS) is 27.7. The summed E-state index contributed by atoms with van der Waals surface area (Å²) in [5, 5.41) is 6.15. The average Bonchev–Trinajstić information content (AvgIpc) is 3.53. The summed E-state index contributed by atoms with van der Waals surface area (Å²) in [6, 6.07) is 8.53. The molecule has 0 bridgehead atoms. The number of urea groups is 1. The van der Waals surface area contributed by atoms with Crippen LogP contribution in [0.2, 0.25) is 0 Å². The lowest BCUT2D eigenvalue weighted by molar-refractivity contribution is -0.140. The van der Waals surface area contributed by atoms with E-state index in [1.54, 1.807) is 17.0 Å². The van der Waals surface area contributed by atoms with Crippen molar-refractivity contribution in [3.8, 4) is 5.75 Å². The third kappa shape index (κ3) is 7.42. The second kappa shape index (κ2) is 15.2. The number of aryl methyl sites for hydroxylation is 1. The van der Waals surface area contributed by atoms with Gasteiger partial charge in [0.1, 0.15) is 11.6 Å². The summed E-state index contributed by atoms with van der Waals surface area (Å²) in [5.41, 5.74) is 9.46. The number of piperazine rings is 1. The van der Waals surface area contributed by atoms with Gasteiger partial charge in [-0.05, 0) is 81.7 Å². The van der Waals surface area contributed by atoms with Gasteiger partial charge in [0, 0.05) is 81.3 Å². The van der Waals surface area contributed by atoms with Crippen LogP contribution in [0.4, 0.5) is 9.18 Å². The third-order valence-electron chi connectivity index (χ3n) is 10.6. The quantitative estimate of drug-likeness (QED) is 0.339. The van der Waals surface area contributed by atoms with E-state index < -0.39 is 11.9 Å². The van der Waals surface area contributed by atoms with Crippen LogP contribution in [0, 0.1) is 24.6 Å². The van der Waals surface area contributed by atoms with Crippen LogP contribution >= 0.6 is 0 Å². The summed E-state index contributed by atoms with van der Waals surface area (Å²) in [6.45, 7) is 6.81. The lowest BCUT2D eigenvalue weighted by Gasteiger charge is -2.43. The lowest BCUT2D eigenvalue weighted by Crippen LogP contribution is -2.60. The maximum Gasteiger partial charge on any atom is 0.317 e. The number of fused-ring (bicyclic) bond motifs is 1. The Labute approximate surface area is 282 Å². The number of hydrogen-bond donors (Lipinski definition) is 4. The number of likely N-dealkylation sites (tertiary alicyclic amines) is 1. The highest BCUT2D eigenvalue weighted by Crippen LogP contribution is 2.40. The van der Waals surface area contributed by atoms with Crippen LogP contribution in [0.5, 0.6) is 5.75 Å². The Morgan fingerprint density at radius 2 is 1.83 bits per heavy atom. The van der Waals surface area contributed by atoms with Crippen LogP contribution in [-0.2, 0) is 16.1 Å². The highest BCUT2D eigenvalue weighted by Gasteiger charge is 2.44. The molecule has 4 amide bonds. The predicted molar refractivity (Wildman–Crippen MR) is 178 cm³/mol. The van der Waals surface area contributed by atoms with Crippen LogP contribution in [-0.4, -0.2) is 102 Å². The number of hydrogen-bond acceptors (Lipinski definition) is 8. The molecule has 12 nitrogen and oxygen atoms in total. The molecule has 3 saturated heterocycles. The summed E-state index contributed by atoms with van der Waals surface area (Å²) in [7, 11) is 1.51. The number of halogens is 1. The van der Waals surface area contributed by atoms with E-state index in [2.05, 4.69) is 32.5 Å². The molecule has 0 radical (unpaired) electrons. The highest BCUT2D eigenvalue weighted by molar-refractivity contribution is 5.83. The van der Waals surface area contributed by atoms with Crippen molar-refractivity contribution < 1.29 is 23.5 Å². The van der Waals surface area contributed by atoms with Gasteiger partial charge in [0.25, 0.3) is 0 Å². The molecule has 48 heavy (non-hydrogen) atoms. The zero-order valence-corrected chi connectivity index (χ0v) is 28.2. The Bertz CT molecular complexity index is 1470. The van der Waals surface area contributed by atoms with Crippen molar-refractivity contribution in [3.63, 3.8) is 0 Å². The van der Waals surface area contributed by atoms with Crippen molar-refractivity contribution in [2.75, 3.05) is 46.4 Å². The number of hydrazine groups is 1. The molecule has 0 spiro atoms. The number of ether oxygens (including phenoxy) is 1. The smallest absolute Gasteiger partial charge is 0.317 e. The summed E-state index contributed by atoms with van der Waals surface area (Å²) >= 11 is 0. The number of carbonyl (C=O) groups excluding carboxylic acids is 3. The number of piperidine rings is 1. The van der Waals surface area contributed by atoms with E-state index >= 15 is 4.39 Å². The first-order valence-electron chi connectivity index (χ1n) is 17.4.